The molecule has 0 aromatic carbocycles. The Labute approximate surface area is 161 Å². The van der Waals surface area contributed by atoms with Gasteiger partial charge in [0.15, 0.2) is 0 Å². The Bertz CT molecular complexity index is 269. The predicted molar refractivity (Wildman–Crippen MR) is 117 cm³/mol. The van der Waals surface area contributed by atoms with E-state index in [0.717, 1.165) is 29.6 Å². The molecule has 0 aromatic heterocycles. The van der Waals surface area contributed by atoms with Crippen LogP contribution in [-0.4, -0.2) is 0 Å². The molecule has 5 atom stereocenters. The van der Waals surface area contributed by atoms with E-state index >= 15 is 0 Å². The summed E-state index contributed by atoms with van der Waals surface area (Å²) >= 11 is 0. The molecule has 0 fully saturated rings. The molecular weight excluding hydrogens is 300 g/mol. The van der Waals surface area contributed by atoms with Crippen molar-refractivity contribution in [2.75, 3.05) is 0 Å². The third kappa shape index (κ3) is 11.3. The van der Waals surface area contributed by atoms with Gasteiger partial charge in [0.1, 0.15) is 0 Å². The van der Waals surface area contributed by atoms with E-state index in [1.807, 2.05) is 0 Å². The van der Waals surface area contributed by atoms with E-state index in [9.17, 15) is 0 Å². The molecule has 0 rings (SSSR count). The number of hydrogen-bond acceptors (Lipinski definition) is 0. The zero-order valence-corrected chi connectivity index (χ0v) is 19.1. The summed E-state index contributed by atoms with van der Waals surface area (Å²) in [7, 11) is 0. The normalized spacial score (nSPS) is 17.9. The van der Waals surface area contributed by atoms with E-state index in [-0.39, 0.29) is 0 Å². The molecule has 0 spiro atoms. The lowest BCUT2D eigenvalue weighted by molar-refractivity contribution is 0.158. The summed E-state index contributed by atoms with van der Waals surface area (Å²) in [5.41, 5.74) is 0. The van der Waals surface area contributed by atoms with Gasteiger partial charge >= 0.3 is 0 Å². The highest BCUT2D eigenvalue weighted by atomic mass is 14.3. The molecule has 0 saturated carbocycles. The number of unbranched alkanes of at least 4 members (excludes halogenated alkanes) is 4. The predicted octanol–water partition coefficient (Wildman–Crippen LogP) is 9.28. The van der Waals surface area contributed by atoms with Crippen LogP contribution in [0.1, 0.15) is 132 Å². The van der Waals surface area contributed by atoms with Gasteiger partial charge < -0.3 is 0 Å². The first-order chi connectivity index (χ1) is 12.0. The summed E-state index contributed by atoms with van der Waals surface area (Å²) in [6.07, 6.45) is 18.5. The molecule has 0 heterocycles. The quantitative estimate of drug-likeness (QED) is 0.229. The van der Waals surface area contributed by atoms with Gasteiger partial charge in [-0.1, -0.05) is 126 Å². The van der Waals surface area contributed by atoms with E-state index < -0.39 is 0 Å². The van der Waals surface area contributed by atoms with Crippen molar-refractivity contribution in [3.63, 3.8) is 0 Å². The SMILES string of the molecule is CCCCCC(CCC)CC(C)C(C)C(C)C(CCC)CCCCC. The fourth-order valence-electron chi connectivity index (χ4n) is 4.86. The summed E-state index contributed by atoms with van der Waals surface area (Å²) in [4.78, 5) is 0. The van der Waals surface area contributed by atoms with Crippen molar-refractivity contribution in [2.45, 2.75) is 132 Å². The van der Waals surface area contributed by atoms with Gasteiger partial charge in [0.25, 0.3) is 0 Å². The molecule has 0 nitrogen and oxygen atoms in total. The van der Waals surface area contributed by atoms with Gasteiger partial charge in [-0.3, -0.25) is 0 Å². The average molecular weight is 353 g/mol. The molecule has 152 valence electrons. The van der Waals surface area contributed by atoms with E-state index in [1.54, 1.807) is 0 Å². The highest BCUT2D eigenvalue weighted by Gasteiger charge is 2.27. The van der Waals surface area contributed by atoms with E-state index in [2.05, 4.69) is 48.5 Å². The summed E-state index contributed by atoms with van der Waals surface area (Å²) in [5, 5.41) is 0. The minimum absolute atomic E-state index is 0.878. The molecule has 0 amide bonds. The van der Waals surface area contributed by atoms with E-state index in [4.69, 9.17) is 0 Å². The molecule has 25 heavy (non-hydrogen) atoms. The highest BCUT2D eigenvalue weighted by Crippen LogP contribution is 2.36. The Morgan fingerprint density at radius 1 is 0.520 bits per heavy atom. The molecule has 0 bridgehead atoms. The molecule has 0 saturated heterocycles. The topological polar surface area (TPSA) is 0 Å². The van der Waals surface area contributed by atoms with Crippen molar-refractivity contribution in [2.24, 2.45) is 29.6 Å². The van der Waals surface area contributed by atoms with Crippen LogP contribution in [0.15, 0.2) is 0 Å². The van der Waals surface area contributed by atoms with Crippen molar-refractivity contribution >= 4 is 0 Å². The lowest BCUT2D eigenvalue weighted by Gasteiger charge is -2.34. The Morgan fingerprint density at radius 2 is 1.08 bits per heavy atom. The van der Waals surface area contributed by atoms with Crippen molar-refractivity contribution in [3.8, 4) is 0 Å². The van der Waals surface area contributed by atoms with E-state index in [1.165, 1.54) is 83.5 Å². The maximum Gasteiger partial charge on any atom is -0.0386 e. The molecule has 0 aliphatic rings. The van der Waals surface area contributed by atoms with Gasteiger partial charge in [-0.05, 0) is 36.0 Å². The maximum atomic E-state index is 2.57. The van der Waals surface area contributed by atoms with Crippen LogP contribution >= 0.6 is 0 Å². The van der Waals surface area contributed by atoms with Crippen LogP contribution in [0.3, 0.4) is 0 Å². The standard InChI is InChI=1S/C25H52/c1-8-12-14-18-24(16-10-3)20-21(5)22(6)23(7)25(17-11-4)19-15-13-9-2/h21-25H,8-20H2,1-7H3. The van der Waals surface area contributed by atoms with Crippen molar-refractivity contribution in [3.05, 3.63) is 0 Å². The molecule has 0 aromatic rings. The van der Waals surface area contributed by atoms with Crippen LogP contribution in [0.2, 0.25) is 0 Å². The zero-order chi connectivity index (χ0) is 19.1. The second kappa shape index (κ2) is 16.2. The Kier molecular flexibility index (Phi) is 16.2. The molecule has 0 N–H and O–H groups in total. The fraction of sp³-hybridized carbons (Fsp3) is 1.00. The van der Waals surface area contributed by atoms with Gasteiger partial charge in [0.2, 0.25) is 0 Å². The first kappa shape index (κ1) is 25.0. The molecule has 5 unspecified atom stereocenters. The molecule has 0 heteroatoms. The second-order valence-corrected chi connectivity index (χ2v) is 9.13. The van der Waals surface area contributed by atoms with Crippen LogP contribution in [-0.2, 0) is 0 Å². The zero-order valence-electron chi connectivity index (χ0n) is 19.1. The fourth-order valence-corrected chi connectivity index (χ4v) is 4.86. The smallest absolute Gasteiger partial charge is 0.0386 e. The van der Waals surface area contributed by atoms with Gasteiger partial charge in [-0.15, -0.1) is 0 Å². The van der Waals surface area contributed by atoms with Crippen LogP contribution in [0.5, 0.6) is 0 Å². The lowest BCUT2D eigenvalue weighted by atomic mass is 9.71. The second-order valence-electron chi connectivity index (χ2n) is 9.13. The number of hydrogen-bond donors (Lipinski definition) is 0. The Hall–Kier alpha value is 0. The third-order valence-corrected chi connectivity index (χ3v) is 6.93. The highest BCUT2D eigenvalue weighted by molar-refractivity contribution is 4.77. The van der Waals surface area contributed by atoms with Gasteiger partial charge in [0, 0.05) is 0 Å². The Morgan fingerprint density at radius 3 is 1.60 bits per heavy atom. The molecule has 0 radical (unpaired) electrons. The van der Waals surface area contributed by atoms with Crippen LogP contribution in [0.4, 0.5) is 0 Å². The molecule has 0 aliphatic heterocycles. The first-order valence-corrected chi connectivity index (χ1v) is 12.0. The molecular formula is C25H52. The average Bonchev–Trinajstić information content (AvgIpc) is 2.60. The van der Waals surface area contributed by atoms with Gasteiger partial charge in [0.05, 0.1) is 0 Å². The monoisotopic (exact) mass is 352 g/mol. The van der Waals surface area contributed by atoms with Crippen molar-refractivity contribution in [1.82, 2.24) is 0 Å². The van der Waals surface area contributed by atoms with Crippen molar-refractivity contribution in [1.29, 1.82) is 0 Å². The summed E-state index contributed by atoms with van der Waals surface area (Å²) in [6.45, 7) is 17.1. The lowest BCUT2D eigenvalue weighted by Crippen LogP contribution is -2.25. The van der Waals surface area contributed by atoms with Crippen molar-refractivity contribution < 1.29 is 0 Å². The van der Waals surface area contributed by atoms with Crippen LogP contribution in [0, 0.1) is 29.6 Å². The minimum Gasteiger partial charge on any atom is -0.0654 e. The largest absolute Gasteiger partial charge is 0.0654 e. The summed E-state index contributed by atoms with van der Waals surface area (Å²) in [5.74, 6) is 4.59. The third-order valence-electron chi connectivity index (χ3n) is 6.93. The first-order valence-electron chi connectivity index (χ1n) is 12.0. The maximum absolute atomic E-state index is 2.57. The summed E-state index contributed by atoms with van der Waals surface area (Å²) < 4.78 is 0. The Balaban J connectivity index is 4.57. The van der Waals surface area contributed by atoms with Gasteiger partial charge in [-0.25, -0.2) is 0 Å². The minimum atomic E-state index is 0.878. The number of rotatable bonds is 17. The van der Waals surface area contributed by atoms with Crippen LogP contribution < -0.4 is 0 Å². The summed E-state index contributed by atoms with van der Waals surface area (Å²) in [6, 6.07) is 0. The molecule has 0 aliphatic carbocycles. The van der Waals surface area contributed by atoms with E-state index in [0.29, 0.717) is 0 Å². The van der Waals surface area contributed by atoms with Gasteiger partial charge in [-0.2, -0.15) is 0 Å². The van der Waals surface area contributed by atoms with Crippen LogP contribution in [0.25, 0.3) is 0 Å².